The standard InChI is InChI=1S/C11H18N4/c1-4-12-9-7-10(15(2)3)14-11(13-9)8-5-6-8/h7-8H,4-6H2,1-3H3,(H,12,13,14). The molecular formula is C11H18N4. The summed E-state index contributed by atoms with van der Waals surface area (Å²) >= 11 is 0. The van der Waals surface area contributed by atoms with Crippen molar-refractivity contribution in [2.24, 2.45) is 0 Å². The normalized spacial score (nSPS) is 15.1. The van der Waals surface area contributed by atoms with E-state index in [0.29, 0.717) is 5.92 Å². The SMILES string of the molecule is CCNc1cc(N(C)C)nc(C2CC2)n1. The maximum Gasteiger partial charge on any atom is 0.136 e. The monoisotopic (exact) mass is 206 g/mol. The quantitative estimate of drug-likeness (QED) is 0.816. The van der Waals surface area contributed by atoms with Gasteiger partial charge in [0, 0.05) is 32.6 Å². The van der Waals surface area contributed by atoms with E-state index >= 15 is 0 Å². The van der Waals surface area contributed by atoms with Crippen LogP contribution < -0.4 is 10.2 Å². The third kappa shape index (κ3) is 2.37. The molecule has 0 bridgehead atoms. The predicted octanol–water partition coefficient (Wildman–Crippen LogP) is 1.85. The van der Waals surface area contributed by atoms with Gasteiger partial charge in [-0.05, 0) is 19.8 Å². The van der Waals surface area contributed by atoms with Gasteiger partial charge in [-0.2, -0.15) is 0 Å². The zero-order valence-electron chi connectivity index (χ0n) is 9.62. The molecular weight excluding hydrogens is 188 g/mol. The van der Waals surface area contributed by atoms with Crippen LogP contribution in [-0.2, 0) is 0 Å². The Hall–Kier alpha value is -1.32. The van der Waals surface area contributed by atoms with Crippen LogP contribution >= 0.6 is 0 Å². The van der Waals surface area contributed by atoms with Crippen LogP contribution in [0.4, 0.5) is 11.6 Å². The largest absolute Gasteiger partial charge is 0.370 e. The highest BCUT2D eigenvalue weighted by atomic mass is 15.2. The van der Waals surface area contributed by atoms with Gasteiger partial charge < -0.3 is 10.2 Å². The van der Waals surface area contributed by atoms with Gasteiger partial charge >= 0.3 is 0 Å². The first-order valence-electron chi connectivity index (χ1n) is 5.51. The second kappa shape index (κ2) is 4.04. The number of nitrogens with one attached hydrogen (secondary N) is 1. The van der Waals surface area contributed by atoms with Crippen LogP contribution in [0.15, 0.2) is 6.07 Å². The Morgan fingerprint density at radius 2 is 2.13 bits per heavy atom. The van der Waals surface area contributed by atoms with E-state index in [0.717, 1.165) is 24.0 Å². The molecule has 1 aliphatic rings. The van der Waals surface area contributed by atoms with Gasteiger partial charge in [0.05, 0.1) is 0 Å². The molecule has 15 heavy (non-hydrogen) atoms. The number of rotatable bonds is 4. The number of hydrogen-bond acceptors (Lipinski definition) is 4. The average molecular weight is 206 g/mol. The van der Waals surface area contributed by atoms with Gasteiger partial charge in [-0.3, -0.25) is 0 Å². The summed E-state index contributed by atoms with van der Waals surface area (Å²) in [5.74, 6) is 3.53. The Kier molecular flexibility index (Phi) is 2.75. The molecule has 0 aromatic carbocycles. The molecule has 0 atom stereocenters. The summed E-state index contributed by atoms with van der Waals surface area (Å²) in [6.07, 6.45) is 2.48. The van der Waals surface area contributed by atoms with Crippen molar-refractivity contribution in [2.75, 3.05) is 30.9 Å². The molecule has 1 aliphatic carbocycles. The molecule has 0 radical (unpaired) electrons. The molecule has 2 rings (SSSR count). The Morgan fingerprint density at radius 1 is 1.40 bits per heavy atom. The van der Waals surface area contributed by atoms with Crippen LogP contribution in [0.25, 0.3) is 0 Å². The van der Waals surface area contributed by atoms with Gasteiger partial charge in [-0.25, -0.2) is 9.97 Å². The van der Waals surface area contributed by atoms with E-state index < -0.39 is 0 Å². The molecule has 1 aromatic rings. The summed E-state index contributed by atoms with van der Waals surface area (Å²) in [5, 5.41) is 3.25. The molecule has 1 N–H and O–H groups in total. The van der Waals surface area contributed by atoms with E-state index in [-0.39, 0.29) is 0 Å². The first-order valence-corrected chi connectivity index (χ1v) is 5.51. The molecule has 1 heterocycles. The van der Waals surface area contributed by atoms with Crippen LogP contribution in [0.5, 0.6) is 0 Å². The van der Waals surface area contributed by atoms with Gasteiger partial charge in [0.15, 0.2) is 0 Å². The minimum absolute atomic E-state index is 0.599. The number of aromatic nitrogens is 2. The highest BCUT2D eigenvalue weighted by Crippen LogP contribution is 2.38. The van der Waals surface area contributed by atoms with Crippen molar-refractivity contribution in [2.45, 2.75) is 25.7 Å². The van der Waals surface area contributed by atoms with Gasteiger partial charge in [-0.15, -0.1) is 0 Å². The summed E-state index contributed by atoms with van der Waals surface area (Å²) in [4.78, 5) is 11.1. The molecule has 1 fully saturated rings. The molecule has 1 aromatic heterocycles. The Bertz CT molecular complexity index is 324. The van der Waals surface area contributed by atoms with Crippen LogP contribution in [0.1, 0.15) is 31.5 Å². The second-order valence-electron chi connectivity index (χ2n) is 4.17. The Labute approximate surface area is 90.7 Å². The van der Waals surface area contributed by atoms with Crippen molar-refractivity contribution >= 4 is 11.6 Å². The van der Waals surface area contributed by atoms with E-state index in [1.807, 2.05) is 25.1 Å². The van der Waals surface area contributed by atoms with Gasteiger partial charge in [0.1, 0.15) is 17.5 Å². The Morgan fingerprint density at radius 3 is 2.67 bits per heavy atom. The van der Waals surface area contributed by atoms with Crippen LogP contribution in [0, 0.1) is 0 Å². The zero-order valence-corrected chi connectivity index (χ0v) is 9.62. The van der Waals surface area contributed by atoms with Crippen molar-refractivity contribution in [1.82, 2.24) is 9.97 Å². The van der Waals surface area contributed by atoms with Crippen molar-refractivity contribution in [3.8, 4) is 0 Å². The van der Waals surface area contributed by atoms with E-state index in [9.17, 15) is 0 Å². The molecule has 0 aliphatic heterocycles. The van der Waals surface area contributed by atoms with Crippen molar-refractivity contribution < 1.29 is 0 Å². The predicted molar refractivity (Wildman–Crippen MR) is 62.5 cm³/mol. The van der Waals surface area contributed by atoms with Crippen LogP contribution in [0.2, 0.25) is 0 Å². The lowest BCUT2D eigenvalue weighted by Crippen LogP contribution is -2.13. The molecule has 0 saturated heterocycles. The summed E-state index contributed by atoms with van der Waals surface area (Å²) in [6.45, 7) is 2.97. The smallest absolute Gasteiger partial charge is 0.136 e. The molecule has 0 amide bonds. The van der Waals surface area contributed by atoms with Crippen LogP contribution in [-0.4, -0.2) is 30.6 Å². The molecule has 4 heteroatoms. The number of anilines is 2. The minimum Gasteiger partial charge on any atom is -0.370 e. The maximum atomic E-state index is 4.55. The fraction of sp³-hybridized carbons (Fsp3) is 0.636. The highest BCUT2D eigenvalue weighted by Gasteiger charge is 2.27. The summed E-state index contributed by atoms with van der Waals surface area (Å²) in [5.41, 5.74) is 0. The zero-order chi connectivity index (χ0) is 10.8. The average Bonchev–Trinajstić information content (AvgIpc) is 3.01. The lowest BCUT2D eigenvalue weighted by molar-refractivity contribution is 0.904. The fourth-order valence-electron chi connectivity index (χ4n) is 1.48. The molecule has 0 spiro atoms. The first-order chi connectivity index (χ1) is 7.20. The lowest BCUT2D eigenvalue weighted by atomic mass is 10.3. The minimum atomic E-state index is 0.599. The highest BCUT2D eigenvalue weighted by molar-refractivity contribution is 5.49. The van der Waals surface area contributed by atoms with E-state index in [1.165, 1.54) is 12.8 Å². The van der Waals surface area contributed by atoms with Crippen molar-refractivity contribution in [3.05, 3.63) is 11.9 Å². The van der Waals surface area contributed by atoms with Crippen molar-refractivity contribution in [3.63, 3.8) is 0 Å². The number of hydrogen-bond donors (Lipinski definition) is 1. The third-order valence-corrected chi connectivity index (χ3v) is 2.49. The van der Waals surface area contributed by atoms with E-state index in [4.69, 9.17) is 0 Å². The third-order valence-electron chi connectivity index (χ3n) is 2.49. The first kappa shape index (κ1) is 10.2. The summed E-state index contributed by atoms with van der Waals surface area (Å²) < 4.78 is 0. The maximum absolute atomic E-state index is 4.55. The molecule has 1 saturated carbocycles. The topological polar surface area (TPSA) is 41.0 Å². The van der Waals surface area contributed by atoms with Crippen molar-refractivity contribution in [1.29, 1.82) is 0 Å². The summed E-state index contributed by atoms with van der Waals surface area (Å²) in [6, 6.07) is 2.00. The van der Waals surface area contributed by atoms with Gasteiger partial charge in [0.25, 0.3) is 0 Å². The molecule has 82 valence electrons. The van der Waals surface area contributed by atoms with Crippen LogP contribution in [0.3, 0.4) is 0 Å². The van der Waals surface area contributed by atoms with E-state index in [1.54, 1.807) is 0 Å². The van der Waals surface area contributed by atoms with Gasteiger partial charge in [0.2, 0.25) is 0 Å². The summed E-state index contributed by atoms with van der Waals surface area (Å²) in [7, 11) is 4.02. The number of nitrogens with zero attached hydrogens (tertiary/aromatic N) is 3. The van der Waals surface area contributed by atoms with E-state index in [2.05, 4.69) is 22.2 Å². The lowest BCUT2D eigenvalue weighted by Gasteiger charge is -2.14. The van der Waals surface area contributed by atoms with Gasteiger partial charge in [-0.1, -0.05) is 0 Å². The molecule has 4 nitrogen and oxygen atoms in total. The second-order valence-corrected chi connectivity index (χ2v) is 4.17. The fourth-order valence-corrected chi connectivity index (χ4v) is 1.48. The Balaban J connectivity index is 2.30. The molecule has 0 unspecified atom stereocenters.